The molecule has 0 saturated carbocycles. The van der Waals surface area contributed by atoms with E-state index in [1.807, 2.05) is 6.08 Å². The third-order valence-electron chi connectivity index (χ3n) is 3.46. The summed E-state index contributed by atoms with van der Waals surface area (Å²) >= 11 is 0. The third kappa shape index (κ3) is 5.50. The van der Waals surface area contributed by atoms with Crippen LogP contribution < -0.4 is 0 Å². The van der Waals surface area contributed by atoms with Crippen LogP contribution in [0.4, 0.5) is 0 Å². The van der Waals surface area contributed by atoms with Crippen molar-refractivity contribution in [1.29, 1.82) is 0 Å². The molecular formula is C13H27NO2Si. The molecule has 3 nitrogen and oxygen atoms in total. The van der Waals surface area contributed by atoms with Crippen molar-refractivity contribution >= 4 is 14.2 Å². The van der Waals surface area contributed by atoms with Crippen molar-refractivity contribution in [3.63, 3.8) is 0 Å². The van der Waals surface area contributed by atoms with Gasteiger partial charge in [0, 0.05) is 13.6 Å². The van der Waals surface area contributed by atoms with E-state index in [-0.39, 0.29) is 17.6 Å². The van der Waals surface area contributed by atoms with Gasteiger partial charge in [0.25, 0.3) is 0 Å². The summed E-state index contributed by atoms with van der Waals surface area (Å²) in [5.41, 5.74) is 0. The summed E-state index contributed by atoms with van der Waals surface area (Å²) in [6.07, 6.45) is 2.64. The summed E-state index contributed by atoms with van der Waals surface area (Å²) in [5, 5.41) is 0.146. The fourth-order valence-electron chi connectivity index (χ4n) is 0.978. The minimum atomic E-state index is -1.81. The maximum absolute atomic E-state index is 11.8. The molecule has 0 saturated heterocycles. The van der Waals surface area contributed by atoms with E-state index in [0.717, 1.165) is 6.42 Å². The molecule has 0 aromatic heterocycles. The average molecular weight is 257 g/mol. The van der Waals surface area contributed by atoms with Gasteiger partial charge in [-0.2, -0.15) is 0 Å². The van der Waals surface area contributed by atoms with Crippen LogP contribution in [-0.2, 0) is 9.22 Å². The summed E-state index contributed by atoms with van der Waals surface area (Å²) in [6, 6.07) is 0. The minimum Gasteiger partial charge on any atom is -0.408 e. The van der Waals surface area contributed by atoms with Crippen LogP contribution >= 0.6 is 0 Å². The Bertz CT molecular complexity index is 269. The van der Waals surface area contributed by atoms with Gasteiger partial charge in [-0.25, -0.2) is 0 Å². The van der Waals surface area contributed by atoms with Gasteiger partial charge in [-0.15, -0.1) is 6.58 Å². The zero-order valence-corrected chi connectivity index (χ0v) is 13.2. The van der Waals surface area contributed by atoms with Crippen molar-refractivity contribution in [2.24, 2.45) is 0 Å². The highest BCUT2D eigenvalue weighted by atomic mass is 28.4. The molecule has 0 bridgehead atoms. The van der Waals surface area contributed by atoms with Gasteiger partial charge in [-0.05, 0) is 24.6 Å². The first-order valence-electron chi connectivity index (χ1n) is 6.10. The normalized spacial score (nSPS) is 12.4. The van der Waals surface area contributed by atoms with Gasteiger partial charge in [0.2, 0.25) is 5.91 Å². The first kappa shape index (κ1) is 16.4. The first-order chi connectivity index (χ1) is 7.62. The Hall–Kier alpha value is -0.613. The average Bonchev–Trinajstić information content (AvgIpc) is 2.20. The number of carbonyl (C=O) groups excluding carboxylic acids is 1. The summed E-state index contributed by atoms with van der Waals surface area (Å²) in [4.78, 5) is 13.5. The van der Waals surface area contributed by atoms with E-state index < -0.39 is 8.32 Å². The Balaban J connectivity index is 4.20. The maximum atomic E-state index is 11.8. The number of hydrogen-bond donors (Lipinski definition) is 0. The van der Waals surface area contributed by atoms with Crippen LogP contribution in [0.3, 0.4) is 0 Å². The van der Waals surface area contributed by atoms with Crippen LogP contribution in [0.25, 0.3) is 0 Å². The van der Waals surface area contributed by atoms with Crippen LogP contribution in [0.2, 0.25) is 18.1 Å². The number of likely N-dealkylation sites (N-methyl/N-ethyl adjacent to an activating group) is 1. The largest absolute Gasteiger partial charge is 0.408 e. The number of carbonyl (C=O) groups is 1. The van der Waals surface area contributed by atoms with E-state index in [1.54, 1.807) is 11.9 Å². The lowest BCUT2D eigenvalue weighted by Crippen LogP contribution is -2.44. The molecular weight excluding hydrogens is 230 g/mol. The molecule has 17 heavy (non-hydrogen) atoms. The summed E-state index contributed by atoms with van der Waals surface area (Å²) in [5.74, 6) is 0.0525. The summed E-state index contributed by atoms with van der Waals surface area (Å²) in [7, 11) is -0.00607. The maximum Gasteiger partial charge on any atom is 0.246 e. The topological polar surface area (TPSA) is 29.5 Å². The molecule has 0 atom stereocenters. The Morgan fingerprint density at radius 1 is 1.41 bits per heavy atom. The Morgan fingerprint density at radius 2 is 1.94 bits per heavy atom. The van der Waals surface area contributed by atoms with Gasteiger partial charge in [0.1, 0.15) is 6.61 Å². The second-order valence-corrected chi connectivity index (χ2v) is 10.8. The highest BCUT2D eigenvalue weighted by Crippen LogP contribution is 2.36. The molecule has 0 aliphatic rings. The molecule has 0 aromatic rings. The van der Waals surface area contributed by atoms with Crippen molar-refractivity contribution in [2.45, 2.75) is 45.3 Å². The molecule has 100 valence electrons. The number of hydrogen-bond acceptors (Lipinski definition) is 2. The first-order valence-corrected chi connectivity index (χ1v) is 9.01. The highest BCUT2D eigenvalue weighted by molar-refractivity contribution is 6.74. The van der Waals surface area contributed by atoms with E-state index in [2.05, 4.69) is 40.4 Å². The van der Waals surface area contributed by atoms with Gasteiger partial charge in [-0.1, -0.05) is 26.8 Å². The summed E-state index contributed by atoms with van der Waals surface area (Å²) in [6.45, 7) is 15.4. The Morgan fingerprint density at radius 3 is 2.35 bits per heavy atom. The SMILES string of the molecule is C=CCCN(C)C(=O)CO[Si](C)(C)C(C)(C)C. The van der Waals surface area contributed by atoms with Crippen molar-refractivity contribution in [1.82, 2.24) is 4.90 Å². The lowest BCUT2D eigenvalue weighted by Gasteiger charge is -2.36. The smallest absolute Gasteiger partial charge is 0.246 e. The van der Waals surface area contributed by atoms with Crippen molar-refractivity contribution in [2.75, 3.05) is 20.2 Å². The molecule has 0 radical (unpaired) electrons. The monoisotopic (exact) mass is 257 g/mol. The van der Waals surface area contributed by atoms with E-state index >= 15 is 0 Å². The fraction of sp³-hybridized carbons (Fsp3) is 0.769. The second kappa shape index (κ2) is 6.35. The molecule has 4 heteroatoms. The molecule has 0 N–H and O–H groups in total. The van der Waals surface area contributed by atoms with Crippen molar-refractivity contribution in [3.05, 3.63) is 12.7 Å². The van der Waals surface area contributed by atoms with Crippen LogP contribution in [-0.4, -0.2) is 39.3 Å². The lowest BCUT2D eigenvalue weighted by molar-refractivity contribution is -0.132. The predicted molar refractivity (Wildman–Crippen MR) is 75.6 cm³/mol. The van der Waals surface area contributed by atoms with Crippen LogP contribution in [0.15, 0.2) is 12.7 Å². The molecule has 0 aromatic carbocycles. The number of rotatable bonds is 6. The molecule has 0 spiro atoms. The zero-order chi connectivity index (χ0) is 13.7. The zero-order valence-electron chi connectivity index (χ0n) is 12.2. The molecule has 0 aliphatic heterocycles. The van der Waals surface area contributed by atoms with E-state index in [9.17, 15) is 4.79 Å². The fourth-order valence-corrected chi connectivity index (χ4v) is 1.90. The predicted octanol–water partition coefficient (Wildman–Crippen LogP) is 3.04. The van der Waals surface area contributed by atoms with E-state index in [0.29, 0.717) is 6.54 Å². The molecule has 0 heterocycles. The third-order valence-corrected chi connectivity index (χ3v) is 7.94. The van der Waals surface area contributed by atoms with Gasteiger partial charge in [0.15, 0.2) is 8.32 Å². The molecule has 0 fully saturated rings. The molecule has 0 unspecified atom stereocenters. The molecule has 1 amide bonds. The van der Waals surface area contributed by atoms with Crippen molar-refractivity contribution < 1.29 is 9.22 Å². The van der Waals surface area contributed by atoms with Gasteiger partial charge >= 0.3 is 0 Å². The quantitative estimate of drug-likeness (QED) is 0.541. The highest BCUT2D eigenvalue weighted by Gasteiger charge is 2.37. The second-order valence-electron chi connectivity index (χ2n) is 5.94. The van der Waals surface area contributed by atoms with Gasteiger partial charge in [-0.3, -0.25) is 4.79 Å². The minimum absolute atomic E-state index is 0.0525. The van der Waals surface area contributed by atoms with Crippen LogP contribution in [0.1, 0.15) is 27.2 Å². The van der Waals surface area contributed by atoms with Crippen LogP contribution in [0, 0.1) is 0 Å². The Labute approximate surface area is 107 Å². The lowest BCUT2D eigenvalue weighted by atomic mass is 10.2. The standard InChI is InChI=1S/C13H27NO2Si/c1-8-9-10-14(5)12(15)11-16-17(6,7)13(2,3)4/h8H,1,9-11H2,2-7H3. The number of nitrogens with zero attached hydrogens (tertiary/aromatic N) is 1. The van der Waals surface area contributed by atoms with E-state index in [1.165, 1.54) is 0 Å². The van der Waals surface area contributed by atoms with Gasteiger partial charge < -0.3 is 9.33 Å². The Kier molecular flexibility index (Phi) is 6.13. The van der Waals surface area contributed by atoms with Crippen molar-refractivity contribution in [3.8, 4) is 0 Å². The van der Waals surface area contributed by atoms with E-state index in [4.69, 9.17) is 4.43 Å². The number of amides is 1. The van der Waals surface area contributed by atoms with Crippen LogP contribution in [0.5, 0.6) is 0 Å². The van der Waals surface area contributed by atoms with Gasteiger partial charge in [0.05, 0.1) is 0 Å². The molecule has 0 rings (SSSR count). The molecule has 0 aliphatic carbocycles. The summed E-state index contributed by atoms with van der Waals surface area (Å²) < 4.78 is 5.88.